The van der Waals surface area contributed by atoms with Crippen molar-refractivity contribution in [1.82, 2.24) is 5.43 Å². The average Bonchev–Trinajstić information content (AvgIpc) is 2.66. The van der Waals surface area contributed by atoms with Crippen molar-refractivity contribution in [3.05, 3.63) is 59.2 Å². The Balaban J connectivity index is 1.94. The van der Waals surface area contributed by atoms with Crippen LogP contribution in [0, 0.1) is 6.92 Å². The number of unbranched alkanes of at least 4 members (excludes halogenated alkanes) is 2. The molecular formula is C21H26N2O3. The van der Waals surface area contributed by atoms with Gasteiger partial charge < -0.3 is 9.47 Å². The summed E-state index contributed by atoms with van der Waals surface area (Å²) < 4.78 is 11.1. The molecule has 0 bridgehead atoms. The second-order valence-electron chi connectivity index (χ2n) is 6.03. The van der Waals surface area contributed by atoms with Crippen LogP contribution in [0.1, 0.15) is 47.7 Å². The zero-order valence-electron chi connectivity index (χ0n) is 15.6. The van der Waals surface area contributed by atoms with Crippen molar-refractivity contribution in [1.29, 1.82) is 0 Å². The zero-order chi connectivity index (χ0) is 18.8. The number of carbonyl (C=O) groups is 1. The second kappa shape index (κ2) is 10.2. The number of methoxy groups -OCH3 is 1. The van der Waals surface area contributed by atoms with E-state index >= 15 is 0 Å². The summed E-state index contributed by atoms with van der Waals surface area (Å²) in [6.07, 6.45) is 4.90. The van der Waals surface area contributed by atoms with E-state index in [0.29, 0.717) is 23.7 Å². The molecule has 0 aliphatic heterocycles. The van der Waals surface area contributed by atoms with Crippen molar-refractivity contribution in [2.24, 2.45) is 5.10 Å². The molecule has 0 saturated heterocycles. The number of amides is 1. The van der Waals surface area contributed by atoms with Crippen molar-refractivity contribution in [2.45, 2.75) is 33.1 Å². The van der Waals surface area contributed by atoms with Crippen molar-refractivity contribution in [2.75, 3.05) is 13.7 Å². The Hall–Kier alpha value is -2.82. The standard InChI is InChI=1S/C21H26N2O3/c1-4-5-6-13-26-19-12-9-17(14-20(19)25-3)15-22-23-21(24)18-10-7-16(2)8-11-18/h7-12,14-15H,4-6,13H2,1-3H3,(H,23,24)/b22-15+. The fourth-order valence-electron chi connectivity index (χ4n) is 2.35. The molecule has 0 heterocycles. The van der Waals surface area contributed by atoms with E-state index in [1.54, 1.807) is 25.5 Å². The molecule has 0 atom stereocenters. The highest BCUT2D eigenvalue weighted by Gasteiger charge is 2.06. The van der Waals surface area contributed by atoms with Crippen LogP contribution < -0.4 is 14.9 Å². The van der Waals surface area contributed by atoms with Crippen LogP contribution in [0.4, 0.5) is 0 Å². The molecule has 1 N–H and O–H groups in total. The molecule has 2 aromatic carbocycles. The monoisotopic (exact) mass is 354 g/mol. The lowest BCUT2D eigenvalue weighted by Crippen LogP contribution is -2.17. The largest absolute Gasteiger partial charge is 0.493 e. The summed E-state index contributed by atoms with van der Waals surface area (Å²) in [5, 5.41) is 4.01. The lowest BCUT2D eigenvalue weighted by molar-refractivity contribution is 0.0955. The Labute approximate surface area is 155 Å². The molecule has 0 spiro atoms. The number of nitrogens with one attached hydrogen (secondary N) is 1. The number of rotatable bonds is 9. The summed E-state index contributed by atoms with van der Waals surface area (Å²) in [6, 6.07) is 12.9. The Morgan fingerprint density at radius 2 is 1.88 bits per heavy atom. The molecular weight excluding hydrogens is 328 g/mol. The first-order chi connectivity index (χ1) is 12.6. The van der Waals surface area contributed by atoms with Gasteiger partial charge in [-0.1, -0.05) is 37.5 Å². The molecule has 138 valence electrons. The number of carbonyl (C=O) groups excluding carboxylic acids is 1. The Kier molecular flexibility index (Phi) is 7.68. The fraction of sp³-hybridized carbons (Fsp3) is 0.333. The van der Waals surface area contributed by atoms with Crippen molar-refractivity contribution < 1.29 is 14.3 Å². The molecule has 5 nitrogen and oxygen atoms in total. The van der Waals surface area contributed by atoms with Crippen LogP contribution >= 0.6 is 0 Å². The van der Waals surface area contributed by atoms with Gasteiger partial charge in [0.2, 0.25) is 0 Å². The molecule has 0 saturated carbocycles. The van der Waals surface area contributed by atoms with Crippen LogP contribution in [0.25, 0.3) is 0 Å². The Morgan fingerprint density at radius 1 is 1.12 bits per heavy atom. The maximum atomic E-state index is 12.0. The Morgan fingerprint density at radius 3 is 2.58 bits per heavy atom. The van der Waals surface area contributed by atoms with Gasteiger partial charge in [-0.25, -0.2) is 5.43 Å². The Bertz CT molecular complexity index is 739. The van der Waals surface area contributed by atoms with Crippen LogP contribution in [0.3, 0.4) is 0 Å². The number of benzene rings is 2. The van der Waals surface area contributed by atoms with Gasteiger partial charge in [-0.2, -0.15) is 5.10 Å². The van der Waals surface area contributed by atoms with Gasteiger partial charge in [-0.3, -0.25) is 4.79 Å². The lowest BCUT2D eigenvalue weighted by Gasteiger charge is -2.11. The molecule has 0 unspecified atom stereocenters. The van der Waals surface area contributed by atoms with Gasteiger partial charge in [0.15, 0.2) is 11.5 Å². The molecule has 0 radical (unpaired) electrons. The van der Waals surface area contributed by atoms with Crippen molar-refractivity contribution in [3.63, 3.8) is 0 Å². The highest BCUT2D eigenvalue weighted by atomic mass is 16.5. The first kappa shape index (κ1) is 19.5. The van der Waals surface area contributed by atoms with Crippen LogP contribution in [0.2, 0.25) is 0 Å². The van der Waals surface area contributed by atoms with Gasteiger partial charge in [0.1, 0.15) is 0 Å². The third-order valence-corrected chi connectivity index (χ3v) is 3.89. The maximum Gasteiger partial charge on any atom is 0.271 e. The molecule has 26 heavy (non-hydrogen) atoms. The fourth-order valence-corrected chi connectivity index (χ4v) is 2.35. The third-order valence-electron chi connectivity index (χ3n) is 3.89. The number of aryl methyl sites for hydroxylation is 1. The molecule has 1 amide bonds. The van der Waals surface area contributed by atoms with E-state index in [4.69, 9.17) is 9.47 Å². The van der Waals surface area contributed by atoms with Gasteiger partial charge in [0, 0.05) is 5.56 Å². The van der Waals surface area contributed by atoms with Crippen LogP contribution in [0.5, 0.6) is 11.5 Å². The van der Waals surface area contributed by atoms with Crippen molar-refractivity contribution >= 4 is 12.1 Å². The van der Waals surface area contributed by atoms with Crippen LogP contribution in [-0.4, -0.2) is 25.8 Å². The second-order valence-corrected chi connectivity index (χ2v) is 6.03. The summed E-state index contributed by atoms with van der Waals surface area (Å²) in [5.74, 6) is 1.11. The number of nitrogens with zero attached hydrogens (tertiary/aromatic N) is 1. The predicted molar refractivity (Wildman–Crippen MR) is 104 cm³/mol. The molecule has 2 rings (SSSR count). The number of hydrazone groups is 1. The van der Waals surface area contributed by atoms with E-state index in [-0.39, 0.29) is 5.91 Å². The van der Waals surface area contributed by atoms with Crippen LogP contribution in [-0.2, 0) is 0 Å². The van der Waals surface area contributed by atoms with E-state index < -0.39 is 0 Å². The number of ether oxygens (including phenoxy) is 2. The van der Waals surface area contributed by atoms with Gasteiger partial charge in [-0.15, -0.1) is 0 Å². The highest BCUT2D eigenvalue weighted by Crippen LogP contribution is 2.27. The van der Waals surface area contributed by atoms with Gasteiger partial charge in [0.05, 0.1) is 19.9 Å². The van der Waals surface area contributed by atoms with E-state index in [0.717, 1.165) is 30.4 Å². The normalized spacial score (nSPS) is 10.7. The molecule has 0 fully saturated rings. The van der Waals surface area contributed by atoms with E-state index in [1.807, 2.05) is 37.3 Å². The lowest BCUT2D eigenvalue weighted by atomic mass is 10.1. The topological polar surface area (TPSA) is 59.9 Å². The summed E-state index contributed by atoms with van der Waals surface area (Å²) >= 11 is 0. The summed E-state index contributed by atoms with van der Waals surface area (Å²) in [6.45, 7) is 4.81. The van der Waals surface area contributed by atoms with Gasteiger partial charge in [0.25, 0.3) is 5.91 Å². The SMILES string of the molecule is CCCCCOc1ccc(/C=N/NC(=O)c2ccc(C)cc2)cc1OC. The maximum absolute atomic E-state index is 12.0. The summed E-state index contributed by atoms with van der Waals surface area (Å²) in [4.78, 5) is 12.0. The zero-order valence-corrected chi connectivity index (χ0v) is 15.6. The average molecular weight is 354 g/mol. The minimum Gasteiger partial charge on any atom is -0.493 e. The minimum absolute atomic E-state index is 0.246. The van der Waals surface area contributed by atoms with Gasteiger partial charge >= 0.3 is 0 Å². The first-order valence-electron chi connectivity index (χ1n) is 8.85. The molecule has 0 aliphatic rings. The molecule has 5 heteroatoms. The predicted octanol–water partition coefficient (Wildman–Crippen LogP) is 4.34. The number of hydrogen-bond donors (Lipinski definition) is 1. The first-order valence-corrected chi connectivity index (χ1v) is 8.85. The summed E-state index contributed by atoms with van der Waals surface area (Å²) in [5.41, 5.74) is 5.01. The van der Waals surface area contributed by atoms with Crippen molar-refractivity contribution in [3.8, 4) is 11.5 Å². The number of hydrogen-bond acceptors (Lipinski definition) is 4. The third kappa shape index (κ3) is 5.92. The minimum atomic E-state index is -0.246. The van der Waals surface area contributed by atoms with Crippen LogP contribution in [0.15, 0.2) is 47.6 Å². The molecule has 2 aromatic rings. The van der Waals surface area contributed by atoms with E-state index in [1.165, 1.54) is 0 Å². The smallest absolute Gasteiger partial charge is 0.271 e. The van der Waals surface area contributed by atoms with Gasteiger partial charge in [-0.05, 0) is 49.2 Å². The van der Waals surface area contributed by atoms with E-state index in [9.17, 15) is 4.79 Å². The quantitative estimate of drug-likeness (QED) is 0.414. The molecule has 0 aliphatic carbocycles. The molecule has 0 aromatic heterocycles. The summed E-state index contributed by atoms with van der Waals surface area (Å²) in [7, 11) is 1.61. The highest BCUT2D eigenvalue weighted by molar-refractivity contribution is 5.94. The van der Waals surface area contributed by atoms with E-state index in [2.05, 4.69) is 17.5 Å².